The highest BCUT2D eigenvalue weighted by molar-refractivity contribution is 6.01. The van der Waals surface area contributed by atoms with E-state index in [0.29, 0.717) is 12.3 Å². The number of fused-ring (bicyclic) bond motifs is 1. The number of amides is 1. The first-order valence-corrected chi connectivity index (χ1v) is 7.91. The number of anilines is 1. The van der Waals surface area contributed by atoms with Crippen molar-refractivity contribution in [1.82, 2.24) is 9.97 Å². The molecule has 0 radical (unpaired) electrons. The number of nitrogens with one attached hydrogen (secondary N) is 2. The number of nitrogens with zero attached hydrogens (tertiary/aromatic N) is 1. The van der Waals surface area contributed by atoms with Gasteiger partial charge in [0.2, 0.25) is 5.91 Å². The summed E-state index contributed by atoms with van der Waals surface area (Å²) in [7, 11) is 0. The normalized spacial score (nSPS) is 11.1. The highest BCUT2D eigenvalue weighted by Gasteiger charge is 2.09. The Bertz CT molecular complexity index is 803. The summed E-state index contributed by atoms with van der Waals surface area (Å²) in [4.78, 5) is 19.5. The number of carbonyl (C=O) groups is 1. The Morgan fingerprint density at radius 2 is 1.91 bits per heavy atom. The molecule has 2 aromatic heterocycles. The fourth-order valence-electron chi connectivity index (χ4n) is 2.70. The third-order valence-corrected chi connectivity index (χ3v) is 3.76. The summed E-state index contributed by atoms with van der Waals surface area (Å²) in [6, 6.07) is 12.1. The number of H-pyrrole nitrogens is 1. The Balaban J connectivity index is 1.65. The van der Waals surface area contributed by atoms with E-state index >= 15 is 0 Å². The van der Waals surface area contributed by atoms with Crippen molar-refractivity contribution in [3.8, 4) is 0 Å². The molecule has 0 unspecified atom stereocenters. The SMILES string of the molecule is CC(C)Cc1ccc(CC(=O)Nc2c[nH]c3ncccc23)cc1. The molecule has 4 heteroatoms. The molecule has 4 nitrogen and oxygen atoms in total. The molecule has 3 aromatic rings. The second-order valence-corrected chi connectivity index (χ2v) is 6.24. The smallest absolute Gasteiger partial charge is 0.228 e. The fraction of sp³-hybridized carbons (Fsp3) is 0.263. The van der Waals surface area contributed by atoms with Gasteiger partial charge in [0.15, 0.2) is 0 Å². The van der Waals surface area contributed by atoms with Crippen LogP contribution in [0.4, 0.5) is 5.69 Å². The van der Waals surface area contributed by atoms with Gasteiger partial charge in [-0.05, 0) is 35.6 Å². The van der Waals surface area contributed by atoms with E-state index in [1.807, 2.05) is 24.3 Å². The number of carbonyl (C=O) groups excluding carboxylic acids is 1. The molecule has 0 saturated carbocycles. The minimum atomic E-state index is -0.0219. The summed E-state index contributed by atoms with van der Waals surface area (Å²) in [6.45, 7) is 4.41. The molecule has 0 aliphatic carbocycles. The summed E-state index contributed by atoms with van der Waals surface area (Å²) in [5, 5.41) is 3.87. The molecular formula is C19H21N3O. The van der Waals surface area contributed by atoms with E-state index in [1.54, 1.807) is 12.4 Å². The first-order valence-electron chi connectivity index (χ1n) is 7.91. The molecule has 0 bridgehead atoms. The Morgan fingerprint density at radius 3 is 2.65 bits per heavy atom. The van der Waals surface area contributed by atoms with Crippen LogP contribution in [-0.2, 0) is 17.6 Å². The van der Waals surface area contributed by atoms with Crippen LogP contribution in [0.1, 0.15) is 25.0 Å². The zero-order chi connectivity index (χ0) is 16.2. The molecule has 3 rings (SSSR count). The van der Waals surface area contributed by atoms with Gasteiger partial charge < -0.3 is 10.3 Å². The van der Waals surface area contributed by atoms with Crippen molar-refractivity contribution in [2.45, 2.75) is 26.7 Å². The highest BCUT2D eigenvalue weighted by atomic mass is 16.1. The average molecular weight is 307 g/mol. The summed E-state index contributed by atoms with van der Waals surface area (Å²) in [5.74, 6) is 0.617. The Hall–Kier alpha value is -2.62. The molecule has 2 N–H and O–H groups in total. The molecule has 0 fully saturated rings. The lowest BCUT2D eigenvalue weighted by Crippen LogP contribution is -2.14. The molecule has 0 spiro atoms. The summed E-state index contributed by atoms with van der Waals surface area (Å²) in [6.07, 6.45) is 4.94. The van der Waals surface area contributed by atoms with Crippen molar-refractivity contribution in [2.75, 3.05) is 5.32 Å². The molecule has 23 heavy (non-hydrogen) atoms. The van der Waals surface area contributed by atoms with Crippen molar-refractivity contribution in [3.63, 3.8) is 0 Å². The Labute approximate surface area is 136 Å². The molecule has 0 atom stereocenters. The number of aromatic amines is 1. The van der Waals surface area contributed by atoms with Crippen LogP contribution >= 0.6 is 0 Å². The van der Waals surface area contributed by atoms with Crippen molar-refractivity contribution in [3.05, 3.63) is 59.9 Å². The maximum atomic E-state index is 12.2. The number of benzene rings is 1. The van der Waals surface area contributed by atoms with Crippen LogP contribution in [0.3, 0.4) is 0 Å². The molecule has 2 heterocycles. The second-order valence-electron chi connectivity index (χ2n) is 6.24. The molecule has 0 aliphatic heterocycles. The van der Waals surface area contributed by atoms with Crippen molar-refractivity contribution in [2.24, 2.45) is 5.92 Å². The van der Waals surface area contributed by atoms with Crippen LogP contribution in [0.25, 0.3) is 11.0 Å². The minimum absolute atomic E-state index is 0.0219. The summed E-state index contributed by atoms with van der Waals surface area (Å²) >= 11 is 0. The van der Waals surface area contributed by atoms with Crippen LogP contribution in [0.5, 0.6) is 0 Å². The van der Waals surface area contributed by atoms with Crippen LogP contribution in [0, 0.1) is 5.92 Å². The largest absolute Gasteiger partial charge is 0.344 e. The van der Waals surface area contributed by atoms with Crippen LogP contribution in [0.15, 0.2) is 48.8 Å². The zero-order valence-electron chi connectivity index (χ0n) is 13.5. The number of hydrogen-bond acceptors (Lipinski definition) is 2. The number of aromatic nitrogens is 2. The first-order chi connectivity index (χ1) is 11.1. The zero-order valence-corrected chi connectivity index (χ0v) is 13.5. The predicted molar refractivity (Wildman–Crippen MR) is 93.4 cm³/mol. The minimum Gasteiger partial charge on any atom is -0.344 e. The third kappa shape index (κ3) is 3.77. The van der Waals surface area contributed by atoms with Gasteiger partial charge in [-0.15, -0.1) is 0 Å². The number of rotatable bonds is 5. The number of hydrogen-bond donors (Lipinski definition) is 2. The van der Waals surface area contributed by atoms with Gasteiger partial charge in [-0.1, -0.05) is 38.1 Å². The monoisotopic (exact) mass is 307 g/mol. The molecule has 1 amide bonds. The fourth-order valence-corrected chi connectivity index (χ4v) is 2.70. The van der Waals surface area contributed by atoms with Gasteiger partial charge >= 0.3 is 0 Å². The number of pyridine rings is 1. The second kappa shape index (κ2) is 6.65. The lowest BCUT2D eigenvalue weighted by Gasteiger charge is -2.07. The van der Waals surface area contributed by atoms with E-state index < -0.39 is 0 Å². The topological polar surface area (TPSA) is 57.8 Å². The van der Waals surface area contributed by atoms with Crippen molar-refractivity contribution < 1.29 is 4.79 Å². The van der Waals surface area contributed by atoms with Crippen LogP contribution in [0.2, 0.25) is 0 Å². The maximum absolute atomic E-state index is 12.2. The lowest BCUT2D eigenvalue weighted by atomic mass is 10.0. The van der Waals surface area contributed by atoms with E-state index in [2.05, 4.69) is 41.3 Å². The molecule has 118 valence electrons. The van der Waals surface area contributed by atoms with Gasteiger partial charge in [0.1, 0.15) is 5.65 Å². The molecular weight excluding hydrogens is 286 g/mol. The van der Waals surface area contributed by atoms with Crippen molar-refractivity contribution in [1.29, 1.82) is 0 Å². The summed E-state index contributed by atoms with van der Waals surface area (Å²) < 4.78 is 0. The average Bonchev–Trinajstić information content (AvgIpc) is 2.92. The van der Waals surface area contributed by atoms with Gasteiger partial charge in [0.05, 0.1) is 12.1 Å². The van der Waals surface area contributed by atoms with Gasteiger partial charge in [-0.2, -0.15) is 0 Å². The van der Waals surface area contributed by atoms with E-state index in [-0.39, 0.29) is 5.91 Å². The van der Waals surface area contributed by atoms with Crippen LogP contribution < -0.4 is 5.32 Å². The lowest BCUT2D eigenvalue weighted by molar-refractivity contribution is -0.115. The van der Waals surface area contributed by atoms with Gasteiger partial charge in [0, 0.05) is 17.8 Å². The van der Waals surface area contributed by atoms with Crippen molar-refractivity contribution >= 4 is 22.6 Å². The highest BCUT2D eigenvalue weighted by Crippen LogP contribution is 2.21. The molecule has 0 saturated heterocycles. The molecule has 0 aliphatic rings. The van der Waals surface area contributed by atoms with Crippen LogP contribution in [-0.4, -0.2) is 15.9 Å². The maximum Gasteiger partial charge on any atom is 0.228 e. The molecule has 1 aromatic carbocycles. The van der Waals surface area contributed by atoms with E-state index in [9.17, 15) is 4.79 Å². The van der Waals surface area contributed by atoms with Gasteiger partial charge in [-0.25, -0.2) is 4.98 Å². The predicted octanol–water partition coefficient (Wildman–Crippen LogP) is 3.94. The Morgan fingerprint density at radius 1 is 1.17 bits per heavy atom. The van der Waals surface area contributed by atoms with Gasteiger partial charge in [-0.3, -0.25) is 4.79 Å². The van der Waals surface area contributed by atoms with E-state index in [0.717, 1.165) is 28.7 Å². The third-order valence-electron chi connectivity index (χ3n) is 3.76. The van der Waals surface area contributed by atoms with E-state index in [1.165, 1.54) is 5.56 Å². The first kappa shape index (κ1) is 15.3. The van der Waals surface area contributed by atoms with E-state index in [4.69, 9.17) is 0 Å². The summed E-state index contributed by atoms with van der Waals surface area (Å²) in [5.41, 5.74) is 3.88. The van der Waals surface area contributed by atoms with Gasteiger partial charge in [0.25, 0.3) is 0 Å². The standard InChI is InChI=1S/C19H21N3O/c1-13(2)10-14-5-7-15(8-6-14)11-18(23)22-17-12-21-19-16(17)4-3-9-20-19/h3-9,12-13H,10-11H2,1-2H3,(H,20,21)(H,22,23). The Kier molecular flexibility index (Phi) is 4.42. The quantitative estimate of drug-likeness (QED) is 0.750.